The first kappa shape index (κ1) is 12.9. The first-order valence-electron chi connectivity index (χ1n) is 7.06. The van der Waals surface area contributed by atoms with E-state index in [1.54, 1.807) is 0 Å². The van der Waals surface area contributed by atoms with Crippen LogP contribution in [0.25, 0.3) is 0 Å². The fourth-order valence-corrected chi connectivity index (χ4v) is 3.18. The molecule has 0 heterocycles. The van der Waals surface area contributed by atoms with Crippen LogP contribution in [0.2, 0.25) is 0 Å². The Labute approximate surface area is 104 Å². The monoisotopic (exact) mass is 239 g/mol. The third-order valence-electron chi connectivity index (χ3n) is 4.55. The van der Waals surface area contributed by atoms with E-state index in [0.717, 1.165) is 31.8 Å². The summed E-state index contributed by atoms with van der Waals surface area (Å²) in [5.41, 5.74) is -0.191. The van der Waals surface area contributed by atoms with Gasteiger partial charge in [-0.2, -0.15) is 0 Å². The summed E-state index contributed by atoms with van der Waals surface area (Å²) in [6.07, 6.45) is 10.1. The first-order chi connectivity index (χ1) is 8.27. The number of rotatable bonds is 5. The first-order valence-corrected chi connectivity index (χ1v) is 7.06. The van der Waals surface area contributed by atoms with E-state index < -0.39 is 0 Å². The van der Waals surface area contributed by atoms with Crippen molar-refractivity contribution in [2.24, 2.45) is 11.3 Å². The number of esters is 1. The molecule has 17 heavy (non-hydrogen) atoms. The molecule has 0 unspecified atom stereocenters. The Morgan fingerprint density at radius 2 is 1.94 bits per heavy atom. The van der Waals surface area contributed by atoms with Gasteiger partial charge in [-0.15, -0.1) is 0 Å². The van der Waals surface area contributed by atoms with E-state index in [0.29, 0.717) is 0 Å². The smallest absolute Gasteiger partial charge is 0.313 e. The van der Waals surface area contributed by atoms with E-state index in [1.807, 2.05) is 0 Å². The zero-order valence-electron chi connectivity index (χ0n) is 11.0. The van der Waals surface area contributed by atoms with Gasteiger partial charge in [-0.25, -0.2) is 0 Å². The molecule has 2 rings (SSSR count). The zero-order chi connectivity index (χ0) is 12.1. The molecule has 0 saturated heterocycles. The van der Waals surface area contributed by atoms with Crippen LogP contribution < -0.4 is 5.32 Å². The number of nitrogens with one attached hydrogen (secondary N) is 1. The number of hydrogen-bond donors (Lipinski definition) is 1. The number of methoxy groups -OCH3 is 1. The predicted molar refractivity (Wildman–Crippen MR) is 67.7 cm³/mol. The molecular formula is C14H25NO2. The summed E-state index contributed by atoms with van der Waals surface area (Å²) in [6, 6.07) is 0. The summed E-state index contributed by atoms with van der Waals surface area (Å²) in [6.45, 7) is 1.90. The van der Waals surface area contributed by atoms with Gasteiger partial charge < -0.3 is 10.1 Å². The summed E-state index contributed by atoms with van der Waals surface area (Å²) in [4.78, 5) is 11.7. The Balaban J connectivity index is 1.71. The van der Waals surface area contributed by atoms with Crippen molar-refractivity contribution in [2.45, 2.75) is 51.4 Å². The molecule has 2 aliphatic rings. The lowest BCUT2D eigenvalue weighted by molar-refractivity contribution is -0.158. The van der Waals surface area contributed by atoms with Crippen molar-refractivity contribution in [3.63, 3.8) is 0 Å². The summed E-state index contributed by atoms with van der Waals surface area (Å²) in [5.74, 6) is 0.818. The molecule has 2 saturated carbocycles. The second kappa shape index (κ2) is 5.85. The van der Waals surface area contributed by atoms with Crippen LogP contribution in [0, 0.1) is 11.3 Å². The Morgan fingerprint density at radius 3 is 2.47 bits per heavy atom. The predicted octanol–water partition coefficient (Wildman–Crippen LogP) is 2.50. The van der Waals surface area contributed by atoms with Crippen LogP contribution in [0.5, 0.6) is 0 Å². The summed E-state index contributed by atoms with van der Waals surface area (Å²) < 4.78 is 4.92. The fourth-order valence-electron chi connectivity index (χ4n) is 3.18. The van der Waals surface area contributed by atoms with Crippen LogP contribution in [-0.2, 0) is 9.53 Å². The molecule has 0 atom stereocenters. The zero-order valence-corrected chi connectivity index (χ0v) is 11.0. The van der Waals surface area contributed by atoms with E-state index in [1.165, 1.54) is 45.6 Å². The average Bonchev–Trinajstić information content (AvgIpc) is 2.33. The largest absolute Gasteiger partial charge is 0.469 e. The van der Waals surface area contributed by atoms with E-state index in [-0.39, 0.29) is 11.4 Å². The molecule has 0 aromatic heterocycles. The molecule has 0 aliphatic heterocycles. The maximum absolute atomic E-state index is 11.7. The number of carbonyl (C=O) groups excluding carboxylic acids is 1. The molecule has 3 nitrogen and oxygen atoms in total. The quantitative estimate of drug-likeness (QED) is 0.749. The van der Waals surface area contributed by atoms with Gasteiger partial charge in [-0.05, 0) is 38.1 Å². The van der Waals surface area contributed by atoms with Gasteiger partial charge in [0.15, 0.2) is 0 Å². The van der Waals surface area contributed by atoms with Gasteiger partial charge in [-0.1, -0.05) is 25.7 Å². The van der Waals surface area contributed by atoms with Crippen molar-refractivity contribution >= 4 is 5.97 Å². The van der Waals surface area contributed by atoms with E-state index in [9.17, 15) is 4.79 Å². The molecule has 0 bridgehead atoms. The highest BCUT2D eigenvalue weighted by atomic mass is 16.5. The molecule has 2 fully saturated rings. The lowest BCUT2D eigenvalue weighted by Crippen LogP contribution is -2.47. The molecular weight excluding hydrogens is 214 g/mol. The number of ether oxygens (including phenoxy) is 1. The average molecular weight is 239 g/mol. The van der Waals surface area contributed by atoms with Crippen LogP contribution in [0.15, 0.2) is 0 Å². The number of carbonyl (C=O) groups is 1. The maximum Gasteiger partial charge on any atom is 0.313 e. The minimum atomic E-state index is -0.191. The van der Waals surface area contributed by atoms with Crippen LogP contribution >= 0.6 is 0 Å². The molecule has 98 valence electrons. The standard InChI is InChI=1S/C14H25NO2/c1-17-13(16)14(8-5-9-14)11-15-10-12-6-3-2-4-7-12/h12,15H,2-11H2,1H3. The SMILES string of the molecule is COC(=O)C1(CNCC2CCCCC2)CCC1. The molecule has 0 amide bonds. The van der Waals surface area contributed by atoms with Gasteiger partial charge in [0, 0.05) is 6.54 Å². The molecule has 3 heteroatoms. The highest BCUT2D eigenvalue weighted by molar-refractivity contribution is 5.78. The van der Waals surface area contributed by atoms with Gasteiger partial charge in [0.1, 0.15) is 0 Å². The van der Waals surface area contributed by atoms with E-state index in [4.69, 9.17) is 4.74 Å². The third kappa shape index (κ3) is 3.01. The third-order valence-corrected chi connectivity index (χ3v) is 4.55. The highest BCUT2D eigenvalue weighted by Gasteiger charge is 2.44. The van der Waals surface area contributed by atoms with E-state index in [2.05, 4.69) is 5.32 Å². The molecule has 2 aliphatic carbocycles. The van der Waals surface area contributed by atoms with Crippen molar-refractivity contribution in [3.8, 4) is 0 Å². The minimum absolute atomic E-state index is 0.0140. The van der Waals surface area contributed by atoms with Crippen LogP contribution in [0.1, 0.15) is 51.4 Å². The van der Waals surface area contributed by atoms with Crippen LogP contribution in [0.3, 0.4) is 0 Å². The minimum Gasteiger partial charge on any atom is -0.469 e. The van der Waals surface area contributed by atoms with Gasteiger partial charge >= 0.3 is 5.97 Å². The maximum atomic E-state index is 11.7. The second-order valence-electron chi connectivity index (χ2n) is 5.76. The Hall–Kier alpha value is -0.570. The van der Waals surface area contributed by atoms with Crippen molar-refractivity contribution < 1.29 is 9.53 Å². The highest BCUT2D eigenvalue weighted by Crippen LogP contribution is 2.41. The number of hydrogen-bond acceptors (Lipinski definition) is 3. The molecule has 1 N–H and O–H groups in total. The Morgan fingerprint density at radius 1 is 1.24 bits per heavy atom. The van der Waals surface area contributed by atoms with Crippen molar-refractivity contribution in [2.75, 3.05) is 20.2 Å². The summed E-state index contributed by atoms with van der Waals surface area (Å²) >= 11 is 0. The molecule has 0 spiro atoms. The fraction of sp³-hybridized carbons (Fsp3) is 0.929. The Bertz CT molecular complexity index is 255. The van der Waals surface area contributed by atoms with Crippen molar-refractivity contribution in [1.29, 1.82) is 0 Å². The molecule has 0 radical (unpaired) electrons. The molecule has 0 aromatic carbocycles. The van der Waals surface area contributed by atoms with Crippen molar-refractivity contribution in [1.82, 2.24) is 5.32 Å². The Kier molecular flexibility index (Phi) is 4.43. The van der Waals surface area contributed by atoms with Gasteiger partial charge in [-0.3, -0.25) is 4.79 Å². The topological polar surface area (TPSA) is 38.3 Å². The van der Waals surface area contributed by atoms with Crippen molar-refractivity contribution in [3.05, 3.63) is 0 Å². The van der Waals surface area contributed by atoms with Gasteiger partial charge in [0.25, 0.3) is 0 Å². The second-order valence-corrected chi connectivity index (χ2v) is 5.76. The van der Waals surface area contributed by atoms with E-state index >= 15 is 0 Å². The van der Waals surface area contributed by atoms with Crippen LogP contribution in [0.4, 0.5) is 0 Å². The van der Waals surface area contributed by atoms with Crippen LogP contribution in [-0.4, -0.2) is 26.2 Å². The van der Waals surface area contributed by atoms with Gasteiger partial charge in [0.05, 0.1) is 12.5 Å². The summed E-state index contributed by atoms with van der Waals surface area (Å²) in [5, 5.41) is 3.51. The normalized spacial score (nSPS) is 24.1. The summed E-state index contributed by atoms with van der Waals surface area (Å²) in [7, 11) is 1.50. The molecule has 0 aromatic rings. The lowest BCUT2D eigenvalue weighted by atomic mass is 9.68. The van der Waals surface area contributed by atoms with Gasteiger partial charge in [0.2, 0.25) is 0 Å². The lowest BCUT2D eigenvalue weighted by Gasteiger charge is -2.39.